The Labute approximate surface area is 74.0 Å². The molecule has 0 aromatic rings. The number of rotatable bonds is 2. The lowest BCUT2D eigenvalue weighted by atomic mass is 10.1. The second-order valence-electron chi connectivity index (χ2n) is 3.07. The SMILES string of the molecule is C/C=C(/Cl)CN1CCCCC1. The molecule has 0 aromatic heterocycles. The van der Waals surface area contributed by atoms with Crippen LogP contribution in [0.25, 0.3) is 0 Å². The fourth-order valence-corrected chi connectivity index (χ4v) is 1.59. The van der Waals surface area contributed by atoms with Crippen molar-refractivity contribution >= 4 is 11.6 Å². The minimum atomic E-state index is 0.956. The first kappa shape index (κ1) is 9.08. The molecular weight excluding hydrogens is 158 g/mol. The van der Waals surface area contributed by atoms with Gasteiger partial charge < -0.3 is 0 Å². The third kappa shape index (κ3) is 3.26. The molecule has 0 aliphatic carbocycles. The van der Waals surface area contributed by atoms with Gasteiger partial charge in [0.15, 0.2) is 0 Å². The van der Waals surface area contributed by atoms with Gasteiger partial charge in [-0.3, -0.25) is 4.90 Å². The number of hydrogen-bond donors (Lipinski definition) is 0. The van der Waals surface area contributed by atoms with Gasteiger partial charge in [-0.05, 0) is 32.9 Å². The van der Waals surface area contributed by atoms with Crippen molar-refractivity contribution in [2.24, 2.45) is 0 Å². The van der Waals surface area contributed by atoms with Crippen molar-refractivity contribution in [3.05, 3.63) is 11.1 Å². The lowest BCUT2D eigenvalue weighted by Gasteiger charge is -2.25. The van der Waals surface area contributed by atoms with E-state index in [1.807, 2.05) is 13.0 Å². The molecule has 0 atom stereocenters. The van der Waals surface area contributed by atoms with Crippen LogP contribution in [0.4, 0.5) is 0 Å². The molecule has 1 aliphatic heterocycles. The van der Waals surface area contributed by atoms with Crippen molar-refractivity contribution in [2.45, 2.75) is 26.2 Å². The van der Waals surface area contributed by atoms with Crippen LogP contribution in [0.5, 0.6) is 0 Å². The first-order valence-electron chi connectivity index (χ1n) is 4.36. The lowest BCUT2D eigenvalue weighted by molar-refractivity contribution is 0.249. The molecule has 2 heteroatoms. The maximum absolute atomic E-state index is 5.92. The van der Waals surface area contributed by atoms with Gasteiger partial charge in [0.25, 0.3) is 0 Å². The Kier molecular flexibility index (Phi) is 3.95. The first-order valence-corrected chi connectivity index (χ1v) is 4.74. The van der Waals surface area contributed by atoms with Crippen LogP contribution < -0.4 is 0 Å². The maximum atomic E-state index is 5.92. The normalized spacial score (nSPS) is 22.2. The van der Waals surface area contributed by atoms with Gasteiger partial charge in [0.1, 0.15) is 0 Å². The van der Waals surface area contributed by atoms with Gasteiger partial charge in [-0.1, -0.05) is 24.1 Å². The quantitative estimate of drug-likeness (QED) is 0.621. The molecule has 1 heterocycles. The summed E-state index contributed by atoms with van der Waals surface area (Å²) < 4.78 is 0. The van der Waals surface area contributed by atoms with Gasteiger partial charge in [-0.2, -0.15) is 0 Å². The van der Waals surface area contributed by atoms with E-state index < -0.39 is 0 Å². The lowest BCUT2D eigenvalue weighted by Crippen LogP contribution is -2.30. The Morgan fingerprint density at radius 1 is 1.36 bits per heavy atom. The van der Waals surface area contributed by atoms with Crippen LogP contribution in [0.3, 0.4) is 0 Å². The van der Waals surface area contributed by atoms with Crippen LogP contribution in [-0.2, 0) is 0 Å². The second kappa shape index (κ2) is 4.78. The van der Waals surface area contributed by atoms with Gasteiger partial charge in [0, 0.05) is 11.6 Å². The van der Waals surface area contributed by atoms with E-state index in [0.29, 0.717) is 0 Å². The van der Waals surface area contributed by atoms with Crippen LogP contribution in [0, 0.1) is 0 Å². The van der Waals surface area contributed by atoms with E-state index in [9.17, 15) is 0 Å². The molecule has 64 valence electrons. The van der Waals surface area contributed by atoms with E-state index in [4.69, 9.17) is 11.6 Å². The molecule has 0 radical (unpaired) electrons. The Morgan fingerprint density at radius 3 is 2.55 bits per heavy atom. The summed E-state index contributed by atoms with van der Waals surface area (Å²) in [4.78, 5) is 2.42. The van der Waals surface area contributed by atoms with Crippen molar-refractivity contribution in [1.29, 1.82) is 0 Å². The number of likely N-dealkylation sites (tertiary alicyclic amines) is 1. The molecule has 0 spiro atoms. The van der Waals surface area contributed by atoms with Crippen LogP contribution >= 0.6 is 11.6 Å². The van der Waals surface area contributed by atoms with E-state index >= 15 is 0 Å². The fraction of sp³-hybridized carbons (Fsp3) is 0.778. The average molecular weight is 174 g/mol. The van der Waals surface area contributed by atoms with Crippen molar-refractivity contribution in [3.63, 3.8) is 0 Å². The summed E-state index contributed by atoms with van der Waals surface area (Å²) in [6.07, 6.45) is 6.06. The highest BCUT2D eigenvalue weighted by Gasteiger charge is 2.09. The summed E-state index contributed by atoms with van der Waals surface area (Å²) >= 11 is 5.92. The summed E-state index contributed by atoms with van der Waals surface area (Å²) in [7, 11) is 0. The highest BCUT2D eigenvalue weighted by molar-refractivity contribution is 6.29. The molecule has 11 heavy (non-hydrogen) atoms. The minimum Gasteiger partial charge on any atom is -0.298 e. The predicted octanol–water partition coefficient (Wildman–Crippen LogP) is 2.61. The third-order valence-electron chi connectivity index (χ3n) is 2.14. The number of piperidine rings is 1. The smallest absolute Gasteiger partial charge is 0.0338 e. The molecule has 1 fully saturated rings. The molecule has 1 rings (SSSR count). The van der Waals surface area contributed by atoms with Crippen LogP contribution in [0.2, 0.25) is 0 Å². The molecule has 0 bridgehead atoms. The zero-order valence-electron chi connectivity index (χ0n) is 7.15. The summed E-state index contributed by atoms with van der Waals surface area (Å²) in [5.74, 6) is 0. The van der Waals surface area contributed by atoms with Crippen LogP contribution in [-0.4, -0.2) is 24.5 Å². The highest BCUT2D eigenvalue weighted by Crippen LogP contribution is 2.12. The number of hydrogen-bond acceptors (Lipinski definition) is 1. The van der Waals surface area contributed by atoms with Crippen molar-refractivity contribution in [2.75, 3.05) is 19.6 Å². The minimum absolute atomic E-state index is 0.956. The van der Waals surface area contributed by atoms with E-state index in [1.54, 1.807) is 0 Å². The Balaban J connectivity index is 2.24. The molecule has 0 N–H and O–H groups in total. The summed E-state index contributed by atoms with van der Waals surface area (Å²) in [6.45, 7) is 5.40. The zero-order valence-corrected chi connectivity index (χ0v) is 7.90. The third-order valence-corrected chi connectivity index (χ3v) is 2.47. The number of nitrogens with zero attached hydrogens (tertiary/aromatic N) is 1. The standard InChI is InChI=1S/C9H16ClN/c1-2-9(10)8-11-6-4-3-5-7-11/h2H,3-8H2,1H3/b9-2+. The molecule has 0 saturated carbocycles. The zero-order chi connectivity index (χ0) is 8.10. The molecule has 1 aliphatic rings. The molecule has 0 unspecified atom stereocenters. The molecule has 1 nitrogen and oxygen atoms in total. The largest absolute Gasteiger partial charge is 0.298 e. The van der Waals surface area contributed by atoms with Crippen molar-refractivity contribution < 1.29 is 0 Å². The number of halogens is 1. The molecular formula is C9H16ClN. The van der Waals surface area contributed by atoms with Crippen molar-refractivity contribution in [3.8, 4) is 0 Å². The summed E-state index contributed by atoms with van der Waals surface area (Å²) in [6, 6.07) is 0. The van der Waals surface area contributed by atoms with Gasteiger partial charge >= 0.3 is 0 Å². The Morgan fingerprint density at radius 2 is 2.00 bits per heavy atom. The predicted molar refractivity (Wildman–Crippen MR) is 49.9 cm³/mol. The second-order valence-corrected chi connectivity index (χ2v) is 3.56. The molecule has 0 amide bonds. The van der Waals surface area contributed by atoms with E-state index in [2.05, 4.69) is 4.90 Å². The topological polar surface area (TPSA) is 3.24 Å². The van der Waals surface area contributed by atoms with E-state index in [-0.39, 0.29) is 0 Å². The van der Waals surface area contributed by atoms with Gasteiger partial charge in [0.2, 0.25) is 0 Å². The monoisotopic (exact) mass is 173 g/mol. The Bertz CT molecular complexity index is 136. The molecule has 0 aromatic carbocycles. The van der Waals surface area contributed by atoms with E-state index in [0.717, 1.165) is 11.6 Å². The van der Waals surface area contributed by atoms with Gasteiger partial charge in [-0.25, -0.2) is 0 Å². The molecule has 1 saturated heterocycles. The van der Waals surface area contributed by atoms with E-state index in [1.165, 1.54) is 32.4 Å². The van der Waals surface area contributed by atoms with Crippen molar-refractivity contribution in [1.82, 2.24) is 4.90 Å². The Hall–Kier alpha value is -0.0100. The van der Waals surface area contributed by atoms with Crippen LogP contribution in [0.15, 0.2) is 11.1 Å². The fourth-order valence-electron chi connectivity index (χ4n) is 1.42. The average Bonchev–Trinajstić information content (AvgIpc) is 2.06. The van der Waals surface area contributed by atoms with Gasteiger partial charge in [-0.15, -0.1) is 0 Å². The van der Waals surface area contributed by atoms with Crippen LogP contribution in [0.1, 0.15) is 26.2 Å². The van der Waals surface area contributed by atoms with Gasteiger partial charge in [0.05, 0.1) is 0 Å². The first-order chi connectivity index (χ1) is 5.33. The summed E-state index contributed by atoms with van der Waals surface area (Å²) in [5, 5.41) is 0.979. The number of allylic oxidation sites excluding steroid dienone is 1. The summed E-state index contributed by atoms with van der Waals surface area (Å²) in [5.41, 5.74) is 0. The highest BCUT2D eigenvalue weighted by atomic mass is 35.5. The maximum Gasteiger partial charge on any atom is 0.0338 e.